The lowest BCUT2D eigenvalue weighted by Crippen LogP contribution is -2.16. The van der Waals surface area contributed by atoms with Gasteiger partial charge in [0.2, 0.25) is 0 Å². The van der Waals surface area contributed by atoms with Gasteiger partial charge in [-0.2, -0.15) is 10.4 Å². The van der Waals surface area contributed by atoms with Crippen molar-refractivity contribution in [2.75, 3.05) is 12.4 Å². The minimum atomic E-state index is -0.344. The number of carbonyl (C=O) groups excluding carboxylic acids is 1. The van der Waals surface area contributed by atoms with Crippen LogP contribution in [-0.2, 0) is 0 Å². The highest BCUT2D eigenvalue weighted by atomic mass is 16.5. The molecule has 6 heteroatoms. The van der Waals surface area contributed by atoms with Crippen molar-refractivity contribution in [3.8, 4) is 17.5 Å². The standard InChI is InChI=1S/C18H14N4O2/c1-24-16-9-5-6-13(10-16)18(23)21-17-14(11-19)12-20-22(17)15-7-3-2-4-8-15/h2-10,12H,1H3,(H,21,23). The largest absolute Gasteiger partial charge is 0.497 e. The second kappa shape index (κ2) is 6.67. The number of hydrogen-bond donors (Lipinski definition) is 1. The van der Waals surface area contributed by atoms with E-state index in [9.17, 15) is 10.1 Å². The highest BCUT2D eigenvalue weighted by Gasteiger charge is 2.16. The average molecular weight is 318 g/mol. The predicted molar refractivity (Wildman–Crippen MR) is 89.2 cm³/mol. The van der Waals surface area contributed by atoms with Gasteiger partial charge in [-0.15, -0.1) is 0 Å². The van der Waals surface area contributed by atoms with Gasteiger partial charge in [0.15, 0.2) is 5.82 Å². The monoisotopic (exact) mass is 318 g/mol. The third-order valence-electron chi connectivity index (χ3n) is 3.45. The van der Waals surface area contributed by atoms with E-state index >= 15 is 0 Å². The van der Waals surface area contributed by atoms with Crippen LogP contribution in [-0.4, -0.2) is 22.8 Å². The van der Waals surface area contributed by atoms with Crippen molar-refractivity contribution >= 4 is 11.7 Å². The van der Waals surface area contributed by atoms with E-state index in [1.54, 1.807) is 24.3 Å². The van der Waals surface area contributed by atoms with Crippen LogP contribution in [0.1, 0.15) is 15.9 Å². The molecule has 6 nitrogen and oxygen atoms in total. The van der Waals surface area contributed by atoms with Crippen molar-refractivity contribution in [3.63, 3.8) is 0 Å². The average Bonchev–Trinajstić information content (AvgIpc) is 3.05. The molecule has 0 bridgehead atoms. The normalized spacial score (nSPS) is 10.0. The predicted octanol–water partition coefficient (Wildman–Crippen LogP) is 3.00. The second-order valence-electron chi connectivity index (χ2n) is 4.95. The molecule has 24 heavy (non-hydrogen) atoms. The first-order valence-corrected chi connectivity index (χ1v) is 7.22. The molecule has 0 fully saturated rings. The van der Waals surface area contributed by atoms with Crippen molar-refractivity contribution in [2.24, 2.45) is 0 Å². The van der Waals surface area contributed by atoms with Crippen molar-refractivity contribution in [1.29, 1.82) is 5.26 Å². The van der Waals surface area contributed by atoms with E-state index in [4.69, 9.17) is 4.74 Å². The summed E-state index contributed by atoms with van der Waals surface area (Å²) >= 11 is 0. The maximum absolute atomic E-state index is 12.5. The number of nitrogens with one attached hydrogen (secondary N) is 1. The topological polar surface area (TPSA) is 79.9 Å². The zero-order valence-electron chi connectivity index (χ0n) is 12.9. The quantitative estimate of drug-likeness (QED) is 0.802. The van der Waals surface area contributed by atoms with Crippen molar-refractivity contribution in [3.05, 3.63) is 71.9 Å². The molecule has 0 aliphatic rings. The summed E-state index contributed by atoms with van der Waals surface area (Å²) in [7, 11) is 1.54. The van der Waals surface area contributed by atoms with Crippen LogP contribution in [0.25, 0.3) is 5.69 Å². The number of anilines is 1. The van der Waals surface area contributed by atoms with Crippen LogP contribution in [0.2, 0.25) is 0 Å². The molecule has 1 N–H and O–H groups in total. The molecule has 0 radical (unpaired) electrons. The Morgan fingerprint density at radius 1 is 1.21 bits per heavy atom. The van der Waals surface area contributed by atoms with Gasteiger partial charge in [-0.25, -0.2) is 4.68 Å². The van der Waals surface area contributed by atoms with Crippen molar-refractivity contribution in [1.82, 2.24) is 9.78 Å². The molecule has 0 aliphatic carbocycles. The van der Waals surface area contributed by atoms with Crippen LogP contribution in [0.15, 0.2) is 60.8 Å². The summed E-state index contributed by atoms with van der Waals surface area (Å²) in [6, 6.07) is 18.1. The minimum Gasteiger partial charge on any atom is -0.497 e. The first kappa shape index (κ1) is 15.3. The van der Waals surface area contributed by atoms with Crippen LogP contribution >= 0.6 is 0 Å². The first-order valence-electron chi connectivity index (χ1n) is 7.22. The smallest absolute Gasteiger partial charge is 0.256 e. The van der Waals surface area contributed by atoms with Crippen molar-refractivity contribution < 1.29 is 9.53 Å². The molecular formula is C18H14N4O2. The lowest BCUT2D eigenvalue weighted by molar-refractivity contribution is 0.102. The fraction of sp³-hybridized carbons (Fsp3) is 0.0556. The molecule has 1 aromatic heterocycles. The first-order chi connectivity index (χ1) is 11.7. The molecule has 118 valence electrons. The van der Waals surface area contributed by atoms with Gasteiger partial charge in [0, 0.05) is 5.56 Å². The summed E-state index contributed by atoms with van der Waals surface area (Å²) in [5.74, 6) is 0.569. The lowest BCUT2D eigenvalue weighted by Gasteiger charge is -2.10. The van der Waals surface area contributed by atoms with E-state index in [-0.39, 0.29) is 11.5 Å². The molecule has 3 rings (SSSR count). The Hall–Kier alpha value is -3.59. The van der Waals surface area contributed by atoms with Gasteiger partial charge < -0.3 is 10.1 Å². The summed E-state index contributed by atoms with van der Waals surface area (Å²) in [6.07, 6.45) is 1.42. The zero-order valence-corrected chi connectivity index (χ0v) is 12.9. The number of rotatable bonds is 4. The SMILES string of the molecule is COc1cccc(C(=O)Nc2c(C#N)cnn2-c2ccccc2)c1. The van der Waals surface area contributed by atoms with Crippen LogP contribution < -0.4 is 10.1 Å². The number of hydrogen-bond acceptors (Lipinski definition) is 4. The van der Waals surface area contributed by atoms with Crippen molar-refractivity contribution in [2.45, 2.75) is 0 Å². The van der Waals surface area contributed by atoms with Crippen LogP contribution in [0.3, 0.4) is 0 Å². The molecule has 0 aliphatic heterocycles. The number of amides is 1. The van der Waals surface area contributed by atoms with Gasteiger partial charge in [-0.1, -0.05) is 24.3 Å². The molecular weight excluding hydrogens is 304 g/mol. The van der Waals surface area contributed by atoms with Crippen LogP contribution in [0.5, 0.6) is 5.75 Å². The number of nitrogens with zero attached hydrogens (tertiary/aromatic N) is 3. The van der Waals surface area contributed by atoms with Crippen LogP contribution in [0, 0.1) is 11.3 Å². The third-order valence-corrected chi connectivity index (χ3v) is 3.45. The number of methoxy groups -OCH3 is 1. The Morgan fingerprint density at radius 2 is 2.00 bits per heavy atom. The molecule has 0 saturated heterocycles. The minimum absolute atomic E-state index is 0.287. The number of ether oxygens (including phenoxy) is 1. The molecule has 1 heterocycles. The Bertz CT molecular complexity index is 910. The summed E-state index contributed by atoms with van der Waals surface area (Å²) < 4.78 is 6.65. The molecule has 3 aromatic rings. The fourth-order valence-corrected chi connectivity index (χ4v) is 2.26. The maximum atomic E-state index is 12.5. The third kappa shape index (κ3) is 2.96. The molecule has 0 unspecified atom stereocenters. The summed E-state index contributed by atoms with van der Waals surface area (Å²) in [6.45, 7) is 0. The number of para-hydroxylation sites is 1. The van der Waals surface area contributed by atoms with E-state index in [2.05, 4.69) is 10.4 Å². The van der Waals surface area contributed by atoms with Gasteiger partial charge in [0.05, 0.1) is 19.0 Å². The number of carbonyl (C=O) groups is 1. The highest BCUT2D eigenvalue weighted by molar-refractivity contribution is 6.04. The van der Waals surface area contributed by atoms with Gasteiger partial charge >= 0.3 is 0 Å². The summed E-state index contributed by atoms with van der Waals surface area (Å²) in [4.78, 5) is 12.5. The van der Waals surface area contributed by atoms with Gasteiger partial charge in [0.1, 0.15) is 17.4 Å². The molecule has 0 saturated carbocycles. The maximum Gasteiger partial charge on any atom is 0.256 e. The Kier molecular flexibility index (Phi) is 4.25. The zero-order chi connectivity index (χ0) is 16.9. The van der Waals surface area contributed by atoms with Gasteiger partial charge in [-0.05, 0) is 30.3 Å². The Labute approximate surface area is 138 Å². The van der Waals surface area contributed by atoms with E-state index < -0.39 is 0 Å². The molecule has 0 atom stereocenters. The second-order valence-corrected chi connectivity index (χ2v) is 4.95. The highest BCUT2D eigenvalue weighted by Crippen LogP contribution is 2.21. The number of nitriles is 1. The van der Waals surface area contributed by atoms with E-state index in [0.29, 0.717) is 17.1 Å². The Morgan fingerprint density at radius 3 is 2.71 bits per heavy atom. The van der Waals surface area contributed by atoms with E-state index in [0.717, 1.165) is 5.69 Å². The molecule has 1 amide bonds. The Balaban J connectivity index is 1.96. The lowest BCUT2D eigenvalue weighted by atomic mass is 10.2. The van der Waals surface area contributed by atoms with Gasteiger partial charge in [0.25, 0.3) is 5.91 Å². The molecule has 0 spiro atoms. The van der Waals surface area contributed by atoms with E-state index in [1.165, 1.54) is 18.0 Å². The summed E-state index contributed by atoms with van der Waals surface area (Å²) in [5, 5.41) is 16.2. The molecule has 2 aromatic carbocycles. The number of benzene rings is 2. The van der Waals surface area contributed by atoms with E-state index in [1.807, 2.05) is 36.4 Å². The van der Waals surface area contributed by atoms with Crippen LogP contribution in [0.4, 0.5) is 5.82 Å². The van der Waals surface area contributed by atoms with Gasteiger partial charge in [-0.3, -0.25) is 4.79 Å². The number of aromatic nitrogens is 2. The summed E-state index contributed by atoms with van der Waals surface area (Å²) in [5.41, 5.74) is 1.47. The fourth-order valence-electron chi connectivity index (χ4n) is 2.26.